The van der Waals surface area contributed by atoms with Crippen LogP contribution < -0.4 is 15.8 Å². The van der Waals surface area contributed by atoms with E-state index in [1.54, 1.807) is 17.5 Å². The van der Waals surface area contributed by atoms with E-state index < -0.39 is 78.9 Å². The van der Waals surface area contributed by atoms with Gasteiger partial charge in [-0.1, -0.05) is 6.07 Å². The number of nitrogens with two attached hydrogens (primary N) is 1. The molecule has 242 valence electrons. The van der Waals surface area contributed by atoms with E-state index in [0.29, 0.717) is 5.56 Å². The smallest absolute Gasteiger partial charge is 0.407 e. The molecule has 16 nitrogen and oxygen atoms in total. The van der Waals surface area contributed by atoms with Crippen LogP contribution in [0.5, 0.6) is 0 Å². The molecule has 1 saturated heterocycles. The molecule has 0 radical (unpaired) electrons. The molecule has 4 N–H and O–H groups in total. The highest BCUT2D eigenvalue weighted by atomic mass is 32.2. The largest absolute Gasteiger partial charge is 0.456 e. The van der Waals surface area contributed by atoms with Crippen LogP contribution in [0.4, 0.5) is 10.5 Å². The minimum Gasteiger partial charge on any atom is -0.456 e. The number of carbonyl (C=O) groups excluding carboxylic acids is 4. The van der Waals surface area contributed by atoms with Crippen molar-refractivity contribution >= 4 is 61.7 Å². The van der Waals surface area contributed by atoms with E-state index in [9.17, 15) is 41.9 Å². The lowest BCUT2D eigenvalue weighted by Crippen LogP contribution is -2.74. The fourth-order valence-electron chi connectivity index (χ4n) is 4.68. The van der Waals surface area contributed by atoms with Crippen molar-refractivity contribution < 1.29 is 46.2 Å². The molecule has 1 aromatic heterocycles. The number of hydrogen-bond donors (Lipinski definition) is 3. The van der Waals surface area contributed by atoms with Crippen molar-refractivity contribution in [1.82, 2.24) is 15.5 Å². The van der Waals surface area contributed by atoms with Crippen LogP contribution in [0.25, 0.3) is 0 Å². The molecule has 1 aromatic carbocycles. The van der Waals surface area contributed by atoms with Crippen LogP contribution in [0.1, 0.15) is 24.3 Å². The Balaban J connectivity index is 1.53. The maximum atomic E-state index is 13.4. The number of non-ortho nitro benzene ring substituents is 1. The summed E-state index contributed by atoms with van der Waals surface area (Å²) >= 11 is 1.35. The first-order chi connectivity index (χ1) is 21.0. The summed E-state index contributed by atoms with van der Waals surface area (Å²) in [6.07, 6.45) is -1.07. The fraction of sp³-hybridized carbons (Fsp3) is 0.385. The molecule has 19 heteroatoms. The van der Waals surface area contributed by atoms with E-state index in [1.165, 1.54) is 49.4 Å². The van der Waals surface area contributed by atoms with Gasteiger partial charge in [-0.05, 0) is 48.6 Å². The quantitative estimate of drug-likeness (QED) is 0.120. The highest BCUT2D eigenvalue weighted by Crippen LogP contribution is 2.35. The number of alkyl carbamates (subject to hydrolysis) is 1. The molecule has 2 aliphatic heterocycles. The van der Waals surface area contributed by atoms with Gasteiger partial charge in [-0.25, -0.2) is 23.1 Å². The number of nitro groups is 1. The SMILES string of the molecule is CC(C)(CS(N)(=O)=O)OC(=O)NCC1=C(C(=O)OCc2ccc([N+](=O)[O-])cc2)N2C(=O)C(NC(=O)Cc3cccs3)[C@H]2S(=O)C1. The van der Waals surface area contributed by atoms with Gasteiger partial charge in [-0.15, -0.1) is 11.3 Å². The highest BCUT2D eigenvalue weighted by Gasteiger charge is 2.57. The van der Waals surface area contributed by atoms with Crippen molar-refractivity contribution in [2.45, 2.75) is 43.9 Å². The summed E-state index contributed by atoms with van der Waals surface area (Å²) < 4.78 is 46.7. The zero-order chi connectivity index (χ0) is 33.1. The van der Waals surface area contributed by atoms with Crippen LogP contribution in [-0.2, 0) is 57.7 Å². The van der Waals surface area contributed by atoms with E-state index >= 15 is 0 Å². The van der Waals surface area contributed by atoms with Crippen molar-refractivity contribution in [2.24, 2.45) is 5.14 Å². The van der Waals surface area contributed by atoms with Gasteiger partial charge in [-0.3, -0.25) is 28.8 Å². The molecule has 45 heavy (non-hydrogen) atoms. The number of ether oxygens (including phenoxy) is 2. The minimum atomic E-state index is -3.99. The van der Waals surface area contributed by atoms with Crippen molar-refractivity contribution in [3.8, 4) is 0 Å². The molecule has 2 aromatic rings. The second-order valence-electron chi connectivity index (χ2n) is 10.7. The molecular weight excluding hydrogens is 655 g/mol. The van der Waals surface area contributed by atoms with Crippen LogP contribution in [-0.4, -0.2) is 81.4 Å². The summed E-state index contributed by atoms with van der Waals surface area (Å²) in [6, 6.07) is 7.56. The van der Waals surface area contributed by atoms with Crippen molar-refractivity contribution in [1.29, 1.82) is 0 Å². The summed E-state index contributed by atoms with van der Waals surface area (Å²) in [5, 5.41) is 21.6. The molecule has 4 rings (SSSR count). The monoisotopic (exact) mass is 683 g/mol. The number of rotatable bonds is 12. The number of nitrogens with one attached hydrogen (secondary N) is 2. The number of amides is 3. The first-order valence-corrected chi connectivity index (χ1v) is 17.1. The van der Waals surface area contributed by atoms with Gasteiger partial charge < -0.3 is 20.1 Å². The minimum absolute atomic E-state index is 0.000135. The second kappa shape index (κ2) is 13.4. The highest BCUT2D eigenvalue weighted by molar-refractivity contribution is 7.89. The lowest BCUT2D eigenvalue weighted by atomic mass is 10.0. The maximum absolute atomic E-state index is 13.4. The summed E-state index contributed by atoms with van der Waals surface area (Å²) in [5.74, 6) is -3.16. The zero-order valence-electron chi connectivity index (χ0n) is 23.9. The van der Waals surface area contributed by atoms with Crippen molar-refractivity contribution in [3.63, 3.8) is 0 Å². The fourth-order valence-corrected chi connectivity index (χ4v) is 8.10. The van der Waals surface area contributed by atoms with E-state index in [-0.39, 0.29) is 35.7 Å². The zero-order valence-corrected chi connectivity index (χ0v) is 26.4. The van der Waals surface area contributed by atoms with Crippen molar-refractivity contribution in [2.75, 3.05) is 18.1 Å². The Bertz CT molecular complexity index is 1670. The molecule has 0 aliphatic carbocycles. The Morgan fingerprint density at radius 2 is 1.91 bits per heavy atom. The summed E-state index contributed by atoms with van der Waals surface area (Å²) in [7, 11) is -5.81. The normalized spacial score (nSPS) is 19.7. The predicted molar refractivity (Wildman–Crippen MR) is 160 cm³/mol. The summed E-state index contributed by atoms with van der Waals surface area (Å²) in [6.45, 7) is 1.89. The molecule has 1 fully saturated rings. The Morgan fingerprint density at radius 1 is 1.22 bits per heavy atom. The average molecular weight is 684 g/mol. The van der Waals surface area contributed by atoms with Gasteiger partial charge in [0.25, 0.3) is 11.6 Å². The van der Waals surface area contributed by atoms with Crippen LogP contribution >= 0.6 is 11.3 Å². The molecule has 0 bridgehead atoms. The number of thiophene rings is 1. The number of primary sulfonamides is 1. The Hall–Kier alpha value is -4.20. The van der Waals surface area contributed by atoms with Crippen molar-refractivity contribution in [3.05, 3.63) is 73.6 Å². The van der Waals surface area contributed by atoms with Gasteiger partial charge in [0.05, 0.1) is 27.9 Å². The van der Waals surface area contributed by atoms with Crippen LogP contribution in [0, 0.1) is 10.1 Å². The molecule has 3 atom stereocenters. The van der Waals surface area contributed by atoms with E-state index in [4.69, 9.17) is 14.6 Å². The first kappa shape index (κ1) is 33.7. The van der Waals surface area contributed by atoms with Crippen LogP contribution in [0.3, 0.4) is 0 Å². The van der Waals surface area contributed by atoms with Gasteiger partial charge in [0, 0.05) is 23.6 Å². The predicted octanol–water partition coefficient (Wildman–Crippen LogP) is 0.405. The molecule has 3 heterocycles. The molecule has 2 aliphatic rings. The summed E-state index contributed by atoms with van der Waals surface area (Å²) in [4.78, 5) is 63.8. The first-order valence-electron chi connectivity index (χ1n) is 13.2. The number of carbonyl (C=O) groups is 4. The second-order valence-corrected chi connectivity index (χ2v) is 14.9. The molecule has 0 spiro atoms. The standard InChI is InChI=1S/C26H29N5O11S3/c1-26(2,14-45(27,39)40)42-25(35)28-11-16-13-44(38)23-20(29-19(32)10-18-4-3-9-43-18)22(33)30(23)21(16)24(34)41-12-15-5-7-17(8-6-15)31(36)37/h3-9,20,23H,10-14H2,1-2H3,(H,28,35)(H,29,32)(H2,27,39,40)/t20?,23-,44?/m1/s1. The molecule has 0 saturated carbocycles. The maximum Gasteiger partial charge on any atom is 0.407 e. The molecule has 2 unspecified atom stereocenters. The lowest BCUT2D eigenvalue weighted by molar-refractivity contribution is -0.384. The van der Waals surface area contributed by atoms with Gasteiger partial charge in [-0.2, -0.15) is 0 Å². The number of nitrogens with zero attached hydrogens (tertiary/aromatic N) is 2. The van der Waals surface area contributed by atoms with Crippen LogP contribution in [0.15, 0.2) is 53.0 Å². The Kier molecular flexibility index (Phi) is 10.1. The number of β-lactam (4-membered cyclic amide) rings is 1. The van der Waals surface area contributed by atoms with E-state index in [1.807, 2.05) is 0 Å². The van der Waals surface area contributed by atoms with Gasteiger partial charge in [0.2, 0.25) is 15.9 Å². The topological polar surface area (TPSA) is 234 Å². The number of nitro benzene ring substituents is 1. The number of fused-ring (bicyclic) bond motifs is 1. The van der Waals surface area contributed by atoms with Gasteiger partial charge in [0.15, 0.2) is 0 Å². The van der Waals surface area contributed by atoms with Gasteiger partial charge >= 0.3 is 12.1 Å². The number of sulfonamides is 1. The summed E-state index contributed by atoms with van der Waals surface area (Å²) in [5.41, 5.74) is -1.52. The third-order valence-electron chi connectivity index (χ3n) is 6.51. The van der Waals surface area contributed by atoms with Crippen LogP contribution in [0.2, 0.25) is 0 Å². The number of benzene rings is 1. The molecule has 3 amide bonds. The lowest BCUT2D eigenvalue weighted by Gasteiger charge is -2.49. The number of hydrogen-bond acceptors (Lipinski definition) is 12. The Morgan fingerprint density at radius 3 is 2.51 bits per heavy atom. The third-order valence-corrected chi connectivity index (χ3v) is 10.1. The van der Waals surface area contributed by atoms with E-state index in [0.717, 1.165) is 9.78 Å². The molecular formula is C26H29N5O11S3. The van der Waals surface area contributed by atoms with Gasteiger partial charge in [0.1, 0.15) is 35.1 Å². The Labute approximate surface area is 263 Å². The van der Waals surface area contributed by atoms with E-state index in [2.05, 4.69) is 10.6 Å². The third kappa shape index (κ3) is 8.50. The number of esters is 1. The average Bonchev–Trinajstić information content (AvgIpc) is 3.44.